The molecule has 7 nitrogen and oxygen atoms in total. The summed E-state index contributed by atoms with van der Waals surface area (Å²) in [5.41, 5.74) is -0.113. The third-order valence-corrected chi connectivity index (χ3v) is 3.83. The van der Waals surface area contributed by atoms with Crippen molar-refractivity contribution in [2.45, 2.75) is 12.8 Å². The predicted molar refractivity (Wildman–Crippen MR) is 79.7 cm³/mol. The molecule has 1 aromatic rings. The van der Waals surface area contributed by atoms with E-state index in [1.165, 1.54) is 12.1 Å². The second-order valence-electron chi connectivity index (χ2n) is 4.90. The van der Waals surface area contributed by atoms with Crippen molar-refractivity contribution in [1.82, 2.24) is 0 Å². The minimum Gasteiger partial charge on any atom is -0.481 e. The van der Waals surface area contributed by atoms with Crippen LogP contribution in [0.5, 0.6) is 0 Å². The van der Waals surface area contributed by atoms with Gasteiger partial charge in [0.05, 0.1) is 27.5 Å². The van der Waals surface area contributed by atoms with Crippen molar-refractivity contribution in [3.63, 3.8) is 0 Å². The van der Waals surface area contributed by atoms with Crippen molar-refractivity contribution in [3.8, 4) is 0 Å². The molecule has 0 heterocycles. The zero-order valence-electron chi connectivity index (χ0n) is 11.4. The van der Waals surface area contributed by atoms with Crippen molar-refractivity contribution in [3.05, 3.63) is 45.5 Å². The number of hydrogen-bond acceptors (Lipinski definition) is 4. The van der Waals surface area contributed by atoms with Gasteiger partial charge < -0.3 is 10.4 Å². The molecular formula is C14H13ClN2O5. The molecule has 22 heavy (non-hydrogen) atoms. The van der Waals surface area contributed by atoms with E-state index in [0.29, 0.717) is 6.42 Å². The average molecular weight is 325 g/mol. The van der Waals surface area contributed by atoms with Crippen LogP contribution in [0.25, 0.3) is 0 Å². The van der Waals surface area contributed by atoms with Crippen molar-refractivity contribution in [1.29, 1.82) is 0 Å². The standard InChI is InChI=1S/C14H13ClN2O5/c15-11-6-5-8(17(21)22)7-12(11)16-13(18)9-3-1-2-4-10(9)14(19)20/h1-2,5-7,9-10H,3-4H2,(H,16,18)(H,19,20). The number of hydrogen-bond donors (Lipinski definition) is 2. The summed E-state index contributed by atoms with van der Waals surface area (Å²) < 4.78 is 0. The highest BCUT2D eigenvalue weighted by Crippen LogP contribution is 2.30. The molecule has 2 rings (SSSR count). The highest BCUT2D eigenvalue weighted by Gasteiger charge is 2.34. The number of benzene rings is 1. The number of allylic oxidation sites excluding steroid dienone is 2. The first-order valence-electron chi connectivity index (χ1n) is 6.52. The zero-order chi connectivity index (χ0) is 16.3. The van der Waals surface area contributed by atoms with Crippen LogP contribution in [0.1, 0.15) is 12.8 Å². The third kappa shape index (κ3) is 3.43. The van der Waals surface area contributed by atoms with Gasteiger partial charge in [0, 0.05) is 12.1 Å². The molecule has 1 aliphatic carbocycles. The Balaban J connectivity index is 2.21. The van der Waals surface area contributed by atoms with Crippen LogP contribution in [0.4, 0.5) is 11.4 Å². The Hall–Kier alpha value is -2.41. The fraction of sp³-hybridized carbons (Fsp3) is 0.286. The number of halogens is 1. The molecule has 0 aromatic heterocycles. The summed E-state index contributed by atoms with van der Waals surface area (Å²) in [5, 5.41) is 22.6. The maximum atomic E-state index is 12.3. The van der Waals surface area contributed by atoms with E-state index in [4.69, 9.17) is 16.7 Å². The molecule has 0 saturated carbocycles. The fourth-order valence-electron chi connectivity index (χ4n) is 2.32. The Bertz CT molecular complexity index is 659. The Kier molecular flexibility index (Phi) is 4.77. The summed E-state index contributed by atoms with van der Waals surface area (Å²) >= 11 is 5.92. The maximum absolute atomic E-state index is 12.3. The number of carbonyl (C=O) groups is 2. The van der Waals surface area contributed by atoms with Gasteiger partial charge in [0.15, 0.2) is 0 Å². The molecule has 116 valence electrons. The molecule has 1 aliphatic rings. The number of carboxylic acids is 1. The summed E-state index contributed by atoms with van der Waals surface area (Å²) in [7, 11) is 0. The number of nitro groups is 1. The number of nitrogens with zero attached hydrogens (tertiary/aromatic N) is 1. The molecule has 8 heteroatoms. The zero-order valence-corrected chi connectivity index (χ0v) is 12.1. The van der Waals surface area contributed by atoms with E-state index in [1.54, 1.807) is 12.2 Å². The lowest BCUT2D eigenvalue weighted by atomic mass is 9.82. The third-order valence-electron chi connectivity index (χ3n) is 3.51. The monoisotopic (exact) mass is 324 g/mol. The number of aliphatic carboxylic acids is 1. The summed E-state index contributed by atoms with van der Waals surface area (Å²) in [5.74, 6) is -3.12. The van der Waals surface area contributed by atoms with Crippen molar-refractivity contribution in [2.24, 2.45) is 11.8 Å². The van der Waals surface area contributed by atoms with E-state index in [-0.39, 0.29) is 22.8 Å². The topological polar surface area (TPSA) is 110 Å². The lowest BCUT2D eigenvalue weighted by Crippen LogP contribution is -2.34. The molecule has 1 aromatic carbocycles. The minimum absolute atomic E-state index is 0.0968. The number of nitrogens with one attached hydrogen (secondary N) is 1. The number of amides is 1. The van der Waals surface area contributed by atoms with Crippen molar-refractivity contribution >= 4 is 34.9 Å². The van der Waals surface area contributed by atoms with Crippen molar-refractivity contribution < 1.29 is 19.6 Å². The van der Waals surface area contributed by atoms with Crippen LogP contribution >= 0.6 is 11.6 Å². The smallest absolute Gasteiger partial charge is 0.307 e. The summed E-state index contributed by atoms with van der Waals surface area (Å²) in [6, 6.07) is 3.68. The van der Waals surface area contributed by atoms with Gasteiger partial charge in [0.25, 0.3) is 5.69 Å². The van der Waals surface area contributed by atoms with E-state index < -0.39 is 28.6 Å². The van der Waals surface area contributed by atoms with Gasteiger partial charge >= 0.3 is 5.97 Å². The Labute approximate surface area is 130 Å². The SMILES string of the molecule is O=C(O)C1CC=CCC1C(=O)Nc1cc([N+](=O)[O-])ccc1Cl. The molecule has 0 aliphatic heterocycles. The molecule has 1 amide bonds. The van der Waals surface area contributed by atoms with Crippen LogP contribution in [0.15, 0.2) is 30.4 Å². The Morgan fingerprint density at radius 1 is 1.27 bits per heavy atom. The number of nitro benzene ring substituents is 1. The van der Waals surface area contributed by atoms with E-state index in [0.717, 1.165) is 6.07 Å². The Morgan fingerprint density at radius 3 is 2.50 bits per heavy atom. The average Bonchev–Trinajstić information content (AvgIpc) is 2.49. The quantitative estimate of drug-likeness (QED) is 0.502. The van der Waals surface area contributed by atoms with Crippen LogP contribution in [-0.4, -0.2) is 21.9 Å². The van der Waals surface area contributed by atoms with Crippen LogP contribution in [0.2, 0.25) is 5.02 Å². The lowest BCUT2D eigenvalue weighted by Gasteiger charge is -2.24. The highest BCUT2D eigenvalue weighted by atomic mass is 35.5. The number of carbonyl (C=O) groups excluding carboxylic acids is 1. The first kappa shape index (κ1) is 16.0. The summed E-state index contributed by atoms with van der Waals surface area (Å²) in [6.45, 7) is 0. The van der Waals surface area contributed by atoms with E-state index >= 15 is 0 Å². The van der Waals surface area contributed by atoms with Crippen molar-refractivity contribution in [2.75, 3.05) is 5.32 Å². The van der Waals surface area contributed by atoms with Crippen LogP contribution in [0.3, 0.4) is 0 Å². The number of rotatable bonds is 4. The fourth-order valence-corrected chi connectivity index (χ4v) is 2.49. The first-order chi connectivity index (χ1) is 10.4. The number of non-ortho nitro benzene ring substituents is 1. The molecule has 2 unspecified atom stereocenters. The normalized spacial score (nSPS) is 20.4. The van der Waals surface area contributed by atoms with E-state index in [1.807, 2.05) is 0 Å². The minimum atomic E-state index is -1.05. The van der Waals surface area contributed by atoms with E-state index in [2.05, 4.69) is 5.32 Å². The molecule has 2 N–H and O–H groups in total. The largest absolute Gasteiger partial charge is 0.481 e. The van der Waals surface area contributed by atoms with Gasteiger partial charge in [-0.25, -0.2) is 0 Å². The second-order valence-corrected chi connectivity index (χ2v) is 5.31. The summed E-state index contributed by atoms with van der Waals surface area (Å²) in [4.78, 5) is 33.6. The molecule has 0 saturated heterocycles. The molecule has 0 spiro atoms. The van der Waals surface area contributed by atoms with Gasteiger partial charge in [0.2, 0.25) is 5.91 Å². The first-order valence-corrected chi connectivity index (χ1v) is 6.90. The van der Waals surface area contributed by atoms with E-state index in [9.17, 15) is 19.7 Å². The molecule has 0 radical (unpaired) electrons. The van der Waals surface area contributed by atoms with Gasteiger partial charge in [0.1, 0.15) is 0 Å². The van der Waals surface area contributed by atoms with Gasteiger partial charge in [-0.2, -0.15) is 0 Å². The molecule has 2 atom stereocenters. The van der Waals surface area contributed by atoms with Crippen LogP contribution in [-0.2, 0) is 9.59 Å². The van der Waals surface area contributed by atoms with Gasteiger partial charge in [-0.05, 0) is 18.9 Å². The highest BCUT2D eigenvalue weighted by molar-refractivity contribution is 6.33. The van der Waals surface area contributed by atoms with Gasteiger partial charge in [-0.15, -0.1) is 0 Å². The van der Waals surface area contributed by atoms with Gasteiger partial charge in [-0.3, -0.25) is 19.7 Å². The van der Waals surface area contributed by atoms with Crippen LogP contribution < -0.4 is 5.32 Å². The maximum Gasteiger partial charge on any atom is 0.307 e. The summed E-state index contributed by atoms with van der Waals surface area (Å²) in [6.07, 6.45) is 4.05. The Morgan fingerprint density at radius 2 is 1.91 bits per heavy atom. The lowest BCUT2D eigenvalue weighted by molar-refractivity contribution is -0.384. The number of carboxylic acid groups (broad SMARTS) is 1. The predicted octanol–water partition coefficient (Wildman–Crippen LogP) is 2.85. The molecule has 0 fully saturated rings. The van der Waals surface area contributed by atoms with Crippen LogP contribution in [0, 0.1) is 22.0 Å². The van der Waals surface area contributed by atoms with Gasteiger partial charge in [-0.1, -0.05) is 23.8 Å². The molecular weight excluding hydrogens is 312 g/mol. The second kappa shape index (κ2) is 6.57. The number of anilines is 1. The molecule has 0 bridgehead atoms.